The molecule has 1 aliphatic rings. The molecule has 1 N–H and O–H groups in total. The van der Waals surface area contributed by atoms with Gasteiger partial charge in [0.05, 0.1) is 6.04 Å². The molecule has 0 bridgehead atoms. The normalized spacial score (nSPS) is 15.8. The van der Waals surface area contributed by atoms with Crippen LogP contribution >= 0.6 is 11.6 Å². The van der Waals surface area contributed by atoms with Crippen molar-refractivity contribution in [1.82, 2.24) is 4.90 Å². The lowest BCUT2D eigenvalue weighted by atomic mass is 9.87. The van der Waals surface area contributed by atoms with Crippen molar-refractivity contribution < 1.29 is 14.3 Å². The molecule has 0 spiro atoms. The van der Waals surface area contributed by atoms with Crippen LogP contribution < -0.4 is 0 Å². The number of fused-ring (bicyclic) bond motifs is 1. The maximum Gasteiger partial charge on any atom is 0.223 e. The summed E-state index contributed by atoms with van der Waals surface area (Å²) < 4.78 is 14.0. The fraction of sp³-hybridized carbons (Fsp3) is 0.208. The van der Waals surface area contributed by atoms with E-state index in [4.69, 9.17) is 11.6 Å². The van der Waals surface area contributed by atoms with Crippen molar-refractivity contribution in [3.05, 3.63) is 99.8 Å². The summed E-state index contributed by atoms with van der Waals surface area (Å²) in [5.74, 6) is -0.505. The molecule has 0 fully saturated rings. The predicted molar refractivity (Wildman–Crippen MR) is 112 cm³/mol. The van der Waals surface area contributed by atoms with Gasteiger partial charge in [-0.15, -0.1) is 0 Å². The van der Waals surface area contributed by atoms with Crippen LogP contribution in [0.3, 0.4) is 0 Å². The minimum Gasteiger partial charge on any atom is -0.508 e. The van der Waals surface area contributed by atoms with Crippen LogP contribution in [0.15, 0.2) is 66.7 Å². The van der Waals surface area contributed by atoms with E-state index < -0.39 is 11.9 Å². The molecule has 0 radical (unpaired) electrons. The van der Waals surface area contributed by atoms with Gasteiger partial charge < -0.3 is 10.0 Å². The molecule has 0 saturated heterocycles. The number of hydrogen-bond acceptors (Lipinski definition) is 2. The molecule has 1 aliphatic heterocycles. The Balaban J connectivity index is 1.67. The summed E-state index contributed by atoms with van der Waals surface area (Å²) in [6, 6.07) is 18.7. The highest BCUT2D eigenvalue weighted by Gasteiger charge is 2.33. The summed E-state index contributed by atoms with van der Waals surface area (Å²) in [6.45, 7) is 0.513. The second kappa shape index (κ2) is 8.26. The van der Waals surface area contributed by atoms with E-state index in [0.717, 1.165) is 23.1 Å². The van der Waals surface area contributed by atoms with Crippen LogP contribution in [0.25, 0.3) is 0 Å². The van der Waals surface area contributed by atoms with Gasteiger partial charge in [-0.1, -0.05) is 54.1 Å². The Kier molecular flexibility index (Phi) is 5.54. The number of carbonyl (C=O) groups excluding carboxylic acids is 1. The SMILES string of the molecule is O=C(CCc1ccccc1Cl)N1CCc2ccccc2C1c1cc(F)ccc1O. The standard InChI is InChI=1S/C24H21ClFNO2/c25-21-8-4-2-6-17(21)9-12-23(29)27-14-13-16-5-1-3-7-19(16)24(27)20-15-18(26)10-11-22(20)28/h1-8,10-11,15,24,28H,9,12-14H2. The lowest BCUT2D eigenvalue weighted by Crippen LogP contribution is -2.40. The molecule has 5 heteroatoms. The van der Waals surface area contributed by atoms with Gasteiger partial charge in [0.25, 0.3) is 0 Å². The number of amides is 1. The third-order valence-corrected chi connectivity index (χ3v) is 5.82. The highest BCUT2D eigenvalue weighted by Crippen LogP contribution is 2.39. The van der Waals surface area contributed by atoms with Crippen LogP contribution in [0.4, 0.5) is 4.39 Å². The maximum absolute atomic E-state index is 14.0. The van der Waals surface area contributed by atoms with E-state index in [1.165, 1.54) is 18.2 Å². The largest absolute Gasteiger partial charge is 0.508 e. The van der Waals surface area contributed by atoms with Gasteiger partial charge >= 0.3 is 0 Å². The fourth-order valence-corrected chi connectivity index (χ4v) is 4.23. The van der Waals surface area contributed by atoms with Crippen molar-refractivity contribution in [2.75, 3.05) is 6.54 Å². The molecule has 148 valence electrons. The van der Waals surface area contributed by atoms with Gasteiger partial charge in [-0.05, 0) is 53.8 Å². The number of aryl methyl sites for hydroxylation is 1. The first-order chi connectivity index (χ1) is 14.0. The second-order valence-electron chi connectivity index (χ2n) is 7.23. The Labute approximate surface area is 174 Å². The molecule has 29 heavy (non-hydrogen) atoms. The molecule has 3 aromatic rings. The molecule has 0 saturated carbocycles. The molecule has 4 rings (SSSR count). The van der Waals surface area contributed by atoms with E-state index in [0.29, 0.717) is 30.0 Å². The summed E-state index contributed by atoms with van der Waals surface area (Å²) in [5, 5.41) is 11.1. The van der Waals surface area contributed by atoms with E-state index in [1.54, 1.807) is 4.90 Å². The van der Waals surface area contributed by atoms with E-state index in [2.05, 4.69) is 0 Å². The zero-order valence-electron chi connectivity index (χ0n) is 15.8. The highest BCUT2D eigenvalue weighted by molar-refractivity contribution is 6.31. The number of phenols is 1. The molecular formula is C24H21ClFNO2. The number of phenolic OH excluding ortho intramolecular Hbond substituents is 1. The van der Waals surface area contributed by atoms with Crippen molar-refractivity contribution in [2.45, 2.75) is 25.3 Å². The van der Waals surface area contributed by atoms with Crippen molar-refractivity contribution in [3.63, 3.8) is 0 Å². The first kappa shape index (κ1) is 19.5. The molecule has 1 unspecified atom stereocenters. The van der Waals surface area contributed by atoms with E-state index in [9.17, 15) is 14.3 Å². The summed E-state index contributed by atoms with van der Waals surface area (Å²) in [7, 11) is 0. The minimum absolute atomic E-state index is 0.0167. The summed E-state index contributed by atoms with van der Waals surface area (Å²) in [5.41, 5.74) is 3.36. The van der Waals surface area contributed by atoms with Crippen molar-refractivity contribution >= 4 is 17.5 Å². The Morgan fingerprint density at radius 3 is 2.66 bits per heavy atom. The second-order valence-corrected chi connectivity index (χ2v) is 7.64. The van der Waals surface area contributed by atoms with Crippen molar-refractivity contribution in [1.29, 1.82) is 0 Å². The van der Waals surface area contributed by atoms with Crippen LogP contribution in [0.1, 0.15) is 34.7 Å². The lowest BCUT2D eigenvalue weighted by molar-refractivity contribution is -0.133. The molecule has 1 heterocycles. The Hall–Kier alpha value is -2.85. The molecule has 1 amide bonds. The van der Waals surface area contributed by atoms with Gasteiger partial charge in [0.2, 0.25) is 5.91 Å². The number of halogens is 2. The number of nitrogens with zero attached hydrogens (tertiary/aromatic N) is 1. The highest BCUT2D eigenvalue weighted by atomic mass is 35.5. The fourth-order valence-electron chi connectivity index (χ4n) is 4.00. The summed E-state index contributed by atoms with van der Waals surface area (Å²) in [6.07, 6.45) is 1.54. The maximum atomic E-state index is 14.0. The average Bonchev–Trinajstić information content (AvgIpc) is 2.74. The Bertz CT molecular complexity index is 1050. The monoisotopic (exact) mass is 409 g/mol. The topological polar surface area (TPSA) is 40.5 Å². The van der Waals surface area contributed by atoms with Crippen LogP contribution in [-0.2, 0) is 17.6 Å². The quantitative estimate of drug-likeness (QED) is 0.635. The van der Waals surface area contributed by atoms with Gasteiger partial charge in [0, 0.05) is 23.6 Å². The minimum atomic E-state index is -0.519. The Morgan fingerprint density at radius 1 is 1.07 bits per heavy atom. The number of rotatable bonds is 4. The van der Waals surface area contributed by atoms with Crippen molar-refractivity contribution in [3.8, 4) is 5.75 Å². The van der Waals surface area contributed by atoms with Crippen molar-refractivity contribution in [2.24, 2.45) is 0 Å². The van der Waals surface area contributed by atoms with Crippen LogP contribution in [0.5, 0.6) is 5.75 Å². The summed E-state index contributed by atoms with van der Waals surface area (Å²) in [4.78, 5) is 14.9. The van der Waals surface area contributed by atoms with E-state index in [1.807, 2.05) is 48.5 Å². The van der Waals surface area contributed by atoms with Crippen LogP contribution in [-0.4, -0.2) is 22.5 Å². The summed E-state index contributed by atoms with van der Waals surface area (Å²) >= 11 is 6.22. The van der Waals surface area contributed by atoms with Gasteiger partial charge in [0.1, 0.15) is 11.6 Å². The van der Waals surface area contributed by atoms with Gasteiger partial charge in [-0.2, -0.15) is 0 Å². The molecular weight excluding hydrogens is 389 g/mol. The number of benzene rings is 3. The first-order valence-corrected chi connectivity index (χ1v) is 10.0. The van der Waals surface area contributed by atoms with Gasteiger partial charge in [0.15, 0.2) is 0 Å². The molecule has 3 aromatic carbocycles. The molecule has 1 atom stereocenters. The van der Waals surface area contributed by atoms with Gasteiger partial charge in [-0.3, -0.25) is 4.79 Å². The lowest BCUT2D eigenvalue weighted by Gasteiger charge is -2.38. The third kappa shape index (κ3) is 3.99. The van der Waals surface area contributed by atoms with Crippen LogP contribution in [0.2, 0.25) is 5.02 Å². The van der Waals surface area contributed by atoms with Gasteiger partial charge in [-0.25, -0.2) is 4.39 Å². The molecule has 3 nitrogen and oxygen atoms in total. The number of carbonyl (C=O) groups is 1. The first-order valence-electron chi connectivity index (χ1n) is 9.63. The average molecular weight is 410 g/mol. The number of hydrogen-bond donors (Lipinski definition) is 1. The smallest absolute Gasteiger partial charge is 0.223 e. The van der Waals surface area contributed by atoms with Crippen LogP contribution in [0, 0.1) is 5.82 Å². The van der Waals surface area contributed by atoms with E-state index >= 15 is 0 Å². The molecule has 0 aromatic heterocycles. The third-order valence-electron chi connectivity index (χ3n) is 5.45. The molecule has 0 aliphatic carbocycles. The predicted octanol–water partition coefficient (Wildman–Crippen LogP) is 5.29. The number of aromatic hydroxyl groups is 1. The Morgan fingerprint density at radius 2 is 1.83 bits per heavy atom. The zero-order valence-corrected chi connectivity index (χ0v) is 16.6. The zero-order chi connectivity index (χ0) is 20.4. The van der Waals surface area contributed by atoms with E-state index in [-0.39, 0.29) is 11.7 Å².